The predicted octanol–water partition coefficient (Wildman–Crippen LogP) is 1.84. The number of benzene rings is 1. The average Bonchev–Trinajstić information content (AvgIpc) is 2.90. The molecule has 0 saturated carbocycles. The SMILES string of the molecule is O=C(O)[C@@H]1CCCCN1C(=O)Cc1noc2ccccc12. The van der Waals surface area contributed by atoms with Crippen LogP contribution in [0.15, 0.2) is 28.8 Å². The number of carbonyl (C=O) groups excluding carboxylic acids is 1. The molecule has 0 radical (unpaired) electrons. The first-order valence-corrected chi connectivity index (χ1v) is 7.02. The molecule has 2 heterocycles. The molecule has 6 heteroatoms. The van der Waals surface area contributed by atoms with Crippen LogP contribution in [0.3, 0.4) is 0 Å². The second-order valence-electron chi connectivity index (χ2n) is 5.24. The van der Waals surface area contributed by atoms with Gasteiger partial charge in [0.25, 0.3) is 0 Å². The number of fused-ring (bicyclic) bond motifs is 1. The molecule has 0 aliphatic carbocycles. The number of hydrogen-bond donors (Lipinski definition) is 1. The minimum absolute atomic E-state index is 0.0702. The molecule has 1 amide bonds. The van der Waals surface area contributed by atoms with Crippen molar-refractivity contribution in [3.05, 3.63) is 30.0 Å². The summed E-state index contributed by atoms with van der Waals surface area (Å²) in [6.45, 7) is 0.492. The Morgan fingerprint density at radius 2 is 2.14 bits per heavy atom. The van der Waals surface area contributed by atoms with E-state index in [1.54, 1.807) is 6.07 Å². The van der Waals surface area contributed by atoms with Crippen LogP contribution in [0.2, 0.25) is 0 Å². The molecule has 0 bridgehead atoms. The first kappa shape index (κ1) is 13.6. The van der Waals surface area contributed by atoms with Crippen molar-refractivity contribution in [1.29, 1.82) is 0 Å². The van der Waals surface area contributed by atoms with E-state index in [9.17, 15) is 14.7 Å². The van der Waals surface area contributed by atoms with Gasteiger partial charge in [0.15, 0.2) is 5.58 Å². The summed E-state index contributed by atoms with van der Waals surface area (Å²) in [4.78, 5) is 25.1. The second kappa shape index (κ2) is 5.55. The molecule has 6 nitrogen and oxygen atoms in total. The maximum atomic E-state index is 12.4. The Kier molecular flexibility index (Phi) is 3.60. The van der Waals surface area contributed by atoms with E-state index in [2.05, 4.69) is 5.16 Å². The van der Waals surface area contributed by atoms with Crippen LogP contribution in [-0.4, -0.2) is 39.6 Å². The van der Waals surface area contributed by atoms with Gasteiger partial charge >= 0.3 is 5.97 Å². The largest absolute Gasteiger partial charge is 0.480 e. The van der Waals surface area contributed by atoms with E-state index in [-0.39, 0.29) is 12.3 Å². The standard InChI is InChI=1S/C15H16N2O4/c18-14(17-8-4-3-6-12(17)15(19)20)9-11-10-5-1-2-7-13(10)21-16-11/h1-2,5,7,12H,3-4,6,8-9H2,(H,19,20)/t12-/m0/s1. The monoisotopic (exact) mass is 288 g/mol. The molecule has 1 fully saturated rings. The van der Waals surface area contributed by atoms with Gasteiger partial charge in [-0.15, -0.1) is 0 Å². The normalized spacial score (nSPS) is 18.9. The summed E-state index contributed by atoms with van der Waals surface area (Å²) in [5.41, 5.74) is 1.19. The Balaban J connectivity index is 1.80. The van der Waals surface area contributed by atoms with Crippen molar-refractivity contribution in [2.24, 2.45) is 0 Å². The Morgan fingerprint density at radius 1 is 1.33 bits per heavy atom. The van der Waals surface area contributed by atoms with Gasteiger partial charge in [-0.2, -0.15) is 0 Å². The lowest BCUT2D eigenvalue weighted by Gasteiger charge is -2.32. The highest BCUT2D eigenvalue weighted by Gasteiger charge is 2.32. The van der Waals surface area contributed by atoms with Crippen LogP contribution < -0.4 is 0 Å². The zero-order chi connectivity index (χ0) is 14.8. The summed E-state index contributed by atoms with van der Waals surface area (Å²) in [5.74, 6) is -1.14. The molecule has 1 saturated heterocycles. The highest BCUT2D eigenvalue weighted by atomic mass is 16.5. The summed E-state index contributed by atoms with van der Waals surface area (Å²) in [5, 5.41) is 14.0. The summed E-state index contributed by atoms with van der Waals surface area (Å²) in [7, 11) is 0. The van der Waals surface area contributed by atoms with Crippen LogP contribution in [0.5, 0.6) is 0 Å². The van der Waals surface area contributed by atoms with Gasteiger partial charge in [-0.1, -0.05) is 17.3 Å². The number of carboxylic acids is 1. The average molecular weight is 288 g/mol. The first-order valence-electron chi connectivity index (χ1n) is 7.02. The molecule has 1 atom stereocenters. The third kappa shape index (κ3) is 2.61. The van der Waals surface area contributed by atoms with Gasteiger partial charge in [0.1, 0.15) is 11.7 Å². The molecular formula is C15H16N2O4. The van der Waals surface area contributed by atoms with Crippen molar-refractivity contribution < 1.29 is 19.2 Å². The van der Waals surface area contributed by atoms with Crippen LogP contribution in [0.4, 0.5) is 0 Å². The van der Waals surface area contributed by atoms with Crippen molar-refractivity contribution in [2.75, 3.05) is 6.54 Å². The fraction of sp³-hybridized carbons (Fsp3) is 0.400. The summed E-state index contributed by atoms with van der Waals surface area (Å²) in [6.07, 6.45) is 2.27. The van der Waals surface area contributed by atoms with E-state index in [4.69, 9.17) is 4.52 Å². The number of amides is 1. The molecular weight excluding hydrogens is 272 g/mol. The number of piperidine rings is 1. The molecule has 0 spiro atoms. The number of aliphatic carboxylic acids is 1. The van der Waals surface area contributed by atoms with Crippen LogP contribution in [0, 0.1) is 0 Å². The van der Waals surface area contributed by atoms with Crippen molar-refractivity contribution in [2.45, 2.75) is 31.7 Å². The number of hydrogen-bond acceptors (Lipinski definition) is 4. The van der Waals surface area contributed by atoms with E-state index in [1.165, 1.54) is 4.90 Å². The maximum absolute atomic E-state index is 12.4. The Hall–Kier alpha value is -2.37. The minimum Gasteiger partial charge on any atom is -0.480 e. The third-order valence-corrected chi connectivity index (χ3v) is 3.88. The molecule has 0 unspecified atom stereocenters. The van der Waals surface area contributed by atoms with Gasteiger partial charge < -0.3 is 14.5 Å². The number of para-hydroxylation sites is 1. The minimum atomic E-state index is -0.937. The highest BCUT2D eigenvalue weighted by molar-refractivity contribution is 5.88. The van der Waals surface area contributed by atoms with E-state index >= 15 is 0 Å². The van der Waals surface area contributed by atoms with Gasteiger partial charge in [-0.3, -0.25) is 4.79 Å². The van der Waals surface area contributed by atoms with Crippen LogP contribution in [0.25, 0.3) is 11.0 Å². The lowest BCUT2D eigenvalue weighted by atomic mass is 10.0. The Morgan fingerprint density at radius 3 is 2.95 bits per heavy atom. The zero-order valence-electron chi connectivity index (χ0n) is 11.5. The molecule has 1 aromatic carbocycles. The van der Waals surface area contributed by atoms with E-state index in [0.717, 1.165) is 18.2 Å². The molecule has 21 heavy (non-hydrogen) atoms. The van der Waals surface area contributed by atoms with Gasteiger partial charge in [0.05, 0.1) is 6.42 Å². The lowest BCUT2D eigenvalue weighted by Crippen LogP contribution is -2.48. The van der Waals surface area contributed by atoms with Crippen LogP contribution in [-0.2, 0) is 16.0 Å². The van der Waals surface area contributed by atoms with Gasteiger partial charge in [-0.25, -0.2) is 4.79 Å². The molecule has 1 aliphatic heterocycles. The Labute approximate surface area is 121 Å². The maximum Gasteiger partial charge on any atom is 0.326 e. The number of rotatable bonds is 3. The molecule has 110 valence electrons. The van der Waals surface area contributed by atoms with Crippen LogP contribution >= 0.6 is 0 Å². The van der Waals surface area contributed by atoms with Gasteiger partial charge in [0, 0.05) is 11.9 Å². The fourth-order valence-corrected chi connectivity index (χ4v) is 2.80. The molecule has 3 rings (SSSR count). The lowest BCUT2D eigenvalue weighted by molar-refractivity contribution is -0.151. The van der Waals surface area contributed by atoms with Crippen molar-refractivity contribution >= 4 is 22.8 Å². The van der Waals surface area contributed by atoms with Crippen molar-refractivity contribution in [1.82, 2.24) is 10.1 Å². The number of carbonyl (C=O) groups is 2. The van der Waals surface area contributed by atoms with Gasteiger partial charge in [-0.05, 0) is 31.4 Å². The van der Waals surface area contributed by atoms with E-state index in [0.29, 0.717) is 24.2 Å². The number of aromatic nitrogens is 1. The predicted molar refractivity (Wildman–Crippen MR) is 74.7 cm³/mol. The smallest absolute Gasteiger partial charge is 0.326 e. The second-order valence-corrected chi connectivity index (χ2v) is 5.24. The molecule has 1 aromatic heterocycles. The number of nitrogens with zero attached hydrogens (tertiary/aromatic N) is 2. The topological polar surface area (TPSA) is 83.6 Å². The van der Waals surface area contributed by atoms with E-state index < -0.39 is 12.0 Å². The third-order valence-electron chi connectivity index (χ3n) is 3.88. The van der Waals surface area contributed by atoms with Crippen molar-refractivity contribution in [3.63, 3.8) is 0 Å². The summed E-state index contributed by atoms with van der Waals surface area (Å²) < 4.78 is 5.17. The summed E-state index contributed by atoms with van der Waals surface area (Å²) in [6, 6.07) is 6.61. The Bertz CT molecular complexity index is 679. The summed E-state index contributed by atoms with van der Waals surface area (Å²) >= 11 is 0. The number of likely N-dealkylation sites (tertiary alicyclic amines) is 1. The highest BCUT2D eigenvalue weighted by Crippen LogP contribution is 2.22. The van der Waals surface area contributed by atoms with E-state index in [1.807, 2.05) is 18.2 Å². The molecule has 2 aromatic rings. The van der Waals surface area contributed by atoms with Crippen molar-refractivity contribution in [3.8, 4) is 0 Å². The molecule has 1 aliphatic rings. The fourth-order valence-electron chi connectivity index (χ4n) is 2.80. The first-order chi connectivity index (χ1) is 10.2. The van der Waals surface area contributed by atoms with Gasteiger partial charge in [0.2, 0.25) is 5.91 Å². The quantitative estimate of drug-likeness (QED) is 0.931. The molecule has 1 N–H and O–H groups in total. The zero-order valence-corrected chi connectivity index (χ0v) is 11.5. The number of carboxylic acid groups (broad SMARTS) is 1. The van der Waals surface area contributed by atoms with Crippen LogP contribution in [0.1, 0.15) is 25.0 Å².